The van der Waals surface area contributed by atoms with Crippen LogP contribution < -0.4 is 10.6 Å². The van der Waals surface area contributed by atoms with Crippen LogP contribution in [-0.4, -0.2) is 123 Å². The minimum Gasteiger partial charge on any atom is -0.392 e. The molecule has 0 saturated carbocycles. The summed E-state index contributed by atoms with van der Waals surface area (Å²) >= 11 is 0. The smallest absolute Gasteiger partial charge is 0.265 e. The van der Waals surface area contributed by atoms with E-state index in [1.54, 1.807) is 7.05 Å². The van der Waals surface area contributed by atoms with E-state index in [1.165, 1.54) is 67.9 Å². The number of carbonyl (C=O) groups excluding carboxylic acids is 4. The van der Waals surface area contributed by atoms with Crippen LogP contribution >= 0.6 is 62.8 Å². The standard InChI is InChI=1S/C32H32N6O7S6/c1-14(2)30-26(45)38-22-28(15-9-5-8-12-18(15)34-22,19(40)31(38,48-47-30)25(44)36(30)4)29-16-10-6-7-11-17(16)33-21(29)37-23(42)27(13-39)35(3)24(43)32(37,20(29)41)49-51-50-46-27/h5-12,14,19-22,33-34,39-41H,13H2,1-4H3/t19-,20-,21-,22+,27-,28?,29?,30?,31-,32-/m0/s1. The minimum atomic E-state index is -1.93. The van der Waals surface area contributed by atoms with E-state index in [0.717, 1.165) is 21.6 Å². The molecule has 0 aromatic heterocycles. The van der Waals surface area contributed by atoms with Gasteiger partial charge in [0.15, 0.2) is 4.87 Å². The number of amides is 4. The molecule has 10 aliphatic heterocycles. The van der Waals surface area contributed by atoms with E-state index in [0.29, 0.717) is 22.5 Å². The van der Waals surface area contributed by atoms with Gasteiger partial charge in [-0.3, -0.25) is 29.0 Å². The number of para-hydroxylation sites is 2. The largest absolute Gasteiger partial charge is 0.392 e. The first-order valence-electron chi connectivity index (χ1n) is 16.3. The molecule has 8 saturated heterocycles. The Morgan fingerprint density at radius 2 is 1.18 bits per heavy atom. The third kappa shape index (κ3) is 3.05. The van der Waals surface area contributed by atoms with Crippen molar-refractivity contribution >= 4 is 97.8 Å². The van der Waals surface area contributed by atoms with Crippen LogP contribution in [0.1, 0.15) is 25.0 Å². The summed E-state index contributed by atoms with van der Waals surface area (Å²) in [5.41, 5.74) is -1.21. The van der Waals surface area contributed by atoms with Crippen molar-refractivity contribution < 1.29 is 34.5 Å². The van der Waals surface area contributed by atoms with Gasteiger partial charge in [-0.15, -0.1) is 0 Å². The molecular weight excluding hydrogens is 773 g/mol. The molecule has 13 nitrogen and oxygen atoms in total. The van der Waals surface area contributed by atoms with Crippen molar-refractivity contribution in [3.05, 3.63) is 59.7 Å². The lowest BCUT2D eigenvalue weighted by Gasteiger charge is -2.60. The summed E-state index contributed by atoms with van der Waals surface area (Å²) in [5, 5.41) is 45.1. The van der Waals surface area contributed by atoms with Crippen molar-refractivity contribution in [2.24, 2.45) is 5.92 Å². The minimum absolute atomic E-state index is 0.304. The van der Waals surface area contributed by atoms with Gasteiger partial charge in [-0.25, -0.2) is 0 Å². The first kappa shape index (κ1) is 33.5. The molecule has 0 aliphatic carbocycles. The Morgan fingerprint density at radius 1 is 0.686 bits per heavy atom. The number of aliphatic hydroxyl groups excluding tert-OH is 3. The van der Waals surface area contributed by atoms with Gasteiger partial charge in [-0.1, -0.05) is 61.0 Å². The summed E-state index contributed by atoms with van der Waals surface area (Å²) in [6, 6.07) is 14.6. The van der Waals surface area contributed by atoms with Crippen molar-refractivity contribution in [1.82, 2.24) is 19.6 Å². The highest BCUT2D eigenvalue weighted by molar-refractivity contribution is 9.26. The van der Waals surface area contributed by atoms with Crippen LogP contribution in [0.25, 0.3) is 0 Å². The molecule has 4 amide bonds. The van der Waals surface area contributed by atoms with Crippen LogP contribution in [-0.2, 0) is 30.0 Å². The van der Waals surface area contributed by atoms with E-state index in [4.69, 9.17) is 0 Å². The number of benzene rings is 2. The molecule has 3 unspecified atom stereocenters. The first-order chi connectivity index (χ1) is 24.3. The van der Waals surface area contributed by atoms with Crippen LogP contribution in [0.4, 0.5) is 11.4 Å². The lowest BCUT2D eigenvalue weighted by atomic mass is 9.52. The highest BCUT2D eigenvalue weighted by atomic mass is 33.7. The molecule has 12 rings (SSSR count). The predicted molar refractivity (Wildman–Crippen MR) is 201 cm³/mol. The summed E-state index contributed by atoms with van der Waals surface area (Å²) < 4.78 is 0. The van der Waals surface area contributed by atoms with Crippen molar-refractivity contribution in [2.45, 2.75) is 68.7 Å². The fraction of sp³-hybridized carbons (Fsp3) is 0.500. The Kier molecular flexibility index (Phi) is 6.66. The highest BCUT2D eigenvalue weighted by Gasteiger charge is 2.92. The Balaban J connectivity index is 1.34. The summed E-state index contributed by atoms with van der Waals surface area (Å²) in [5.74, 6) is -2.23. The van der Waals surface area contributed by atoms with Crippen LogP contribution in [0.15, 0.2) is 48.5 Å². The number of rotatable bonds is 3. The zero-order valence-corrected chi connectivity index (χ0v) is 32.3. The van der Waals surface area contributed by atoms with Gasteiger partial charge in [-0.2, -0.15) is 0 Å². The molecule has 51 heavy (non-hydrogen) atoms. The molecule has 8 fully saturated rings. The molecule has 4 bridgehead atoms. The van der Waals surface area contributed by atoms with Crippen molar-refractivity contribution in [2.75, 3.05) is 31.3 Å². The Morgan fingerprint density at radius 3 is 1.73 bits per heavy atom. The average Bonchev–Trinajstić information content (AvgIpc) is 3.77. The number of anilines is 2. The lowest BCUT2D eigenvalue weighted by Crippen LogP contribution is -2.79. The van der Waals surface area contributed by atoms with E-state index >= 15 is 14.4 Å². The summed E-state index contributed by atoms with van der Waals surface area (Å²) in [7, 11) is 10.1. The molecule has 2 aromatic rings. The van der Waals surface area contributed by atoms with Crippen LogP contribution in [0.2, 0.25) is 0 Å². The molecular formula is C32H32N6O7S6. The second-order valence-electron chi connectivity index (χ2n) is 14.5. The molecule has 2 spiro atoms. The number of fused-ring (bicyclic) bond motifs is 13. The fourth-order valence-electron chi connectivity index (χ4n) is 10.5. The SMILES string of the molecule is CC(C)C12SS[C@]3(C(=O)N1C)[C@@H](O)C1(C45c6ccccc6N[C@H]4N4C(=O)[C@]6(CO)SSSS[C@]4(C(=O)N6C)[C@H]5O)c4ccccc4N[C@@H]1N3C2=O. The first-order valence-corrected chi connectivity index (χ1v) is 23.3. The Bertz CT molecular complexity index is 2020. The quantitative estimate of drug-likeness (QED) is 0.287. The third-order valence-corrected chi connectivity index (χ3v) is 23.9. The van der Waals surface area contributed by atoms with Gasteiger partial charge in [0.2, 0.25) is 14.6 Å². The van der Waals surface area contributed by atoms with Crippen molar-refractivity contribution in [3.8, 4) is 0 Å². The maximum Gasteiger partial charge on any atom is 0.265 e. The van der Waals surface area contributed by atoms with E-state index in [-0.39, 0.29) is 11.8 Å². The highest BCUT2D eigenvalue weighted by Crippen LogP contribution is 2.78. The maximum atomic E-state index is 15.2. The normalized spacial score (nSPS) is 44.2. The fourth-order valence-corrected chi connectivity index (χ4v) is 22.4. The second-order valence-corrected chi connectivity index (χ2v) is 23.2. The van der Waals surface area contributed by atoms with Crippen LogP contribution in [0.3, 0.4) is 0 Å². The van der Waals surface area contributed by atoms with Gasteiger partial charge >= 0.3 is 0 Å². The third-order valence-electron chi connectivity index (χ3n) is 12.7. The maximum absolute atomic E-state index is 15.2. The van der Waals surface area contributed by atoms with Crippen LogP contribution in [0, 0.1) is 5.92 Å². The zero-order chi connectivity index (χ0) is 35.8. The summed E-state index contributed by atoms with van der Waals surface area (Å²) in [6.07, 6.45) is -5.63. The summed E-state index contributed by atoms with van der Waals surface area (Å²) in [6.45, 7) is 3.11. The molecule has 268 valence electrons. The molecule has 19 heteroatoms. The van der Waals surface area contributed by atoms with Gasteiger partial charge < -0.3 is 35.8 Å². The number of aliphatic hydroxyl groups is 3. The van der Waals surface area contributed by atoms with Crippen molar-refractivity contribution in [1.29, 1.82) is 0 Å². The molecule has 10 atom stereocenters. The average molecular weight is 805 g/mol. The lowest BCUT2D eigenvalue weighted by molar-refractivity contribution is -0.169. The number of carbonyl (C=O) groups is 4. The van der Waals surface area contributed by atoms with Gasteiger partial charge in [-0.05, 0) is 81.2 Å². The molecule has 0 radical (unpaired) electrons. The number of nitrogens with zero attached hydrogens (tertiary/aromatic N) is 4. The Hall–Kier alpha value is -2.10. The van der Waals surface area contributed by atoms with E-state index < -0.39 is 79.2 Å². The number of likely N-dealkylation sites (N-methyl/N-ethyl adjacent to an activating group) is 2. The van der Waals surface area contributed by atoms with Crippen molar-refractivity contribution in [3.63, 3.8) is 0 Å². The van der Waals surface area contributed by atoms with Gasteiger partial charge in [0.05, 0.1) is 17.4 Å². The number of hydrogen-bond donors (Lipinski definition) is 5. The predicted octanol–water partition coefficient (Wildman–Crippen LogP) is 2.24. The van der Waals surface area contributed by atoms with E-state index in [2.05, 4.69) is 10.6 Å². The topological polar surface area (TPSA) is 166 Å². The number of piperazine rings is 2. The van der Waals surface area contributed by atoms with E-state index in [9.17, 15) is 20.1 Å². The monoisotopic (exact) mass is 804 g/mol. The number of hydrogen-bond acceptors (Lipinski definition) is 15. The Labute approximate surface area is 315 Å². The van der Waals surface area contributed by atoms with Gasteiger partial charge in [0.1, 0.15) is 24.5 Å². The second kappa shape index (κ2) is 10.1. The van der Waals surface area contributed by atoms with Gasteiger partial charge in [0, 0.05) is 25.5 Å². The zero-order valence-electron chi connectivity index (χ0n) is 27.4. The molecule has 2 aromatic carbocycles. The summed E-state index contributed by atoms with van der Waals surface area (Å²) in [4.78, 5) is 59.2. The molecule has 10 heterocycles. The number of nitrogens with one attached hydrogen (secondary N) is 2. The molecule has 10 aliphatic rings. The molecule has 5 N–H and O–H groups in total. The van der Waals surface area contributed by atoms with Crippen LogP contribution in [0.5, 0.6) is 0 Å². The van der Waals surface area contributed by atoms with E-state index in [1.807, 2.05) is 62.4 Å². The van der Waals surface area contributed by atoms with Gasteiger partial charge in [0.25, 0.3) is 23.6 Å².